The van der Waals surface area contributed by atoms with Gasteiger partial charge in [0.1, 0.15) is 12.4 Å². The highest BCUT2D eigenvalue weighted by molar-refractivity contribution is 7.99. The van der Waals surface area contributed by atoms with Gasteiger partial charge in [0.25, 0.3) is 0 Å². The molecule has 8 nitrogen and oxygen atoms in total. The first-order valence-corrected chi connectivity index (χ1v) is 11.7. The molecule has 0 aliphatic carbocycles. The molecular weight excluding hydrogens is 452 g/mol. The van der Waals surface area contributed by atoms with Crippen LogP contribution >= 0.6 is 11.8 Å². The Balaban J connectivity index is 1.23. The molecule has 0 radical (unpaired) electrons. The highest BCUT2D eigenvalue weighted by atomic mass is 32.2. The molecule has 0 atom stereocenters. The molecule has 0 unspecified atom stereocenters. The standard InChI is InChI=1S/C25H22N4O4S/c1-2-12-29-23(14-31-20-9-5-7-17-6-3-4-8-19(17)20)27-28-25(29)34-15-24(30)26-18-10-11-21-22(13-18)33-16-32-21/h2-11,13H,1,12,14-16H2,(H,26,30). The van der Waals surface area contributed by atoms with Gasteiger partial charge in [0, 0.05) is 23.7 Å². The number of amides is 1. The Morgan fingerprint density at radius 3 is 2.88 bits per heavy atom. The lowest BCUT2D eigenvalue weighted by molar-refractivity contribution is -0.113. The largest absolute Gasteiger partial charge is 0.485 e. The summed E-state index contributed by atoms with van der Waals surface area (Å²) in [6.07, 6.45) is 1.77. The van der Waals surface area contributed by atoms with E-state index in [0.717, 1.165) is 16.5 Å². The van der Waals surface area contributed by atoms with Crippen LogP contribution in [0.15, 0.2) is 78.5 Å². The van der Waals surface area contributed by atoms with E-state index in [2.05, 4.69) is 22.1 Å². The number of benzene rings is 3. The van der Waals surface area contributed by atoms with Crippen molar-refractivity contribution in [2.75, 3.05) is 17.9 Å². The zero-order chi connectivity index (χ0) is 23.3. The zero-order valence-corrected chi connectivity index (χ0v) is 19.1. The van der Waals surface area contributed by atoms with E-state index in [9.17, 15) is 4.79 Å². The number of nitrogens with one attached hydrogen (secondary N) is 1. The van der Waals surface area contributed by atoms with Gasteiger partial charge in [-0.05, 0) is 23.6 Å². The summed E-state index contributed by atoms with van der Waals surface area (Å²) >= 11 is 1.30. The summed E-state index contributed by atoms with van der Waals surface area (Å²) in [6.45, 7) is 4.77. The average molecular weight is 475 g/mol. The molecule has 0 bridgehead atoms. The van der Waals surface area contributed by atoms with Crippen LogP contribution < -0.4 is 19.5 Å². The van der Waals surface area contributed by atoms with Crippen molar-refractivity contribution in [1.82, 2.24) is 14.8 Å². The third-order valence-electron chi connectivity index (χ3n) is 5.20. The van der Waals surface area contributed by atoms with Gasteiger partial charge in [-0.25, -0.2) is 0 Å². The molecule has 5 rings (SSSR count). The van der Waals surface area contributed by atoms with Crippen molar-refractivity contribution in [3.8, 4) is 17.2 Å². The second-order valence-corrected chi connectivity index (χ2v) is 8.41. The molecular formula is C25H22N4O4S. The second kappa shape index (κ2) is 9.88. The Kier molecular flexibility index (Phi) is 6.35. The van der Waals surface area contributed by atoms with Gasteiger partial charge in [-0.3, -0.25) is 9.36 Å². The lowest BCUT2D eigenvalue weighted by Crippen LogP contribution is -2.15. The van der Waals surface area contributed by atoms with E-state index in [4.69, 9.17) is 14.2 Å². The minimum atomic E-state index is -0.162. The summed E-state index contributed by atoms with van der Waals surface area (Å²) in [6, 6.07) is 19.3. The van der Waals surface area contributed by atoms with Gasteiger partial charge >= 0.3 is 0 Å². The number of fused-ring (bicyclic) bond motifs is 2. The number of aromatic nitrogens is 3. The normalized spacial score (nSPS) is 12.0. The summed E-state index contributed by atoms with van der Waals surface area (Å²) in [4.78, 5) is 12.5. The number of anilines is 1. The minimum absolute atomic E-state index is 0.162. The first kappa shape index (κ1) is 21.8. The van der Waals surface area contributed by atoms with E-state index in [1.165, 1.54) is 11.8 Å². The molecule has 1 aromatic heterocycles. The number of carbonyl (C=O) groups excluding carboxylic acids is 1. The molecule has 0 fully saturated rings. The van der Waals surface area contributed by atoms with Crippen LogP contribution in [-0.2, 0) is 17.9 Å². The number of ether oxygens (including phenoxy) is 3. The molecule has 1 aliphatic heterocycles. The Hall–Kier alpha value is -3.98. The van der Waals surface area contributed by atoms with Crippen LogP contribution in [0.4, 0.5) is 5.69 Å². The zero-order valence-electron chi connectivity index (χ0n) is 18.3. The lowest BCUT2D eigenvalue weighted by Gasteiger charge is -2.11. The number of rotatable bonds is 9. The van der Waals surface area contributed by atoms with Crippen LogP contribution in [0.2, 0.25) is 0 Å². The van der Waals surface area contributed by atoms with Crippen LogP contribution in [0.3, 0.4) is 0 Å². The first-order chi connectivity index (χ1) is 16.7. The molecule has 1 aliphatic rings. The molecule has 172 valence electrons. The predicted octanol–water partition coefficient (Wildman–Crippen LogP) is 4.66. The Morgan fingerprint density at radius 1 is 1.12 bits per heavy atom. The third-order valence-corrected chi connectivity index (χ3v) is 6.17. The molecule has 3 aromatic carbocycles. The molecule has 2 heterocycles. The van der Waals surface area contributed by atoms with Crippen molar-refractivity contribution < 1.29 is 19.0 Å². The lowest BCUT2D eigenvalue weighted by atomic mass is 10.1. The average Bonchev–Trinajstić information content (AvgIpc) is 3.48. The van der Waals surface area contributed by atoms with Gasteiger partial charge in [-0.15, -0.1) is 16.8 Å². The monoisotopic (exact) mass is 474 g/mol. The van der Waals surface area contributed by atoms with Crippen LogP contribution in [-0.4, -0.2) is 33.2 Å². The molecule has 1 N–H and O–H groups in total. The second-order valence-electron chi connectivity index (χ2n) is 7.47. The molecule has 0 saturated heterocycles. The smallest absolute Gasteiger partial charge is 0.234 e. The number of hydrogen-bond donors (Lipinski definition) is 1. The maximum atomic E-state index is 12.5. The molecule has 0 spiro atoms. The van der Waals surface area contributed by atoms with Crippen LogP contribution in [0.1, 0.15) is 5.82 Å². The highest BCUT2D eigenvalue weighted by Crippen LogP contribution is 2.34. The van der Waals surface area contributed by atoms with E-state index in [1.54, 1.807) is 24.3 Å². The number of nitrogens with zero attached hydrogens (tertiary/aromatic N) is 3. The Bertz CT molecular complexity index is 1350. The van der Waals surface area contributed by atoms with Crippen molar-refractivity contribution >= 4 is 34.1 Å². The van der Waals surface area contributed by atoms with E-state index < -0.39 is 0 Å². The summed E-state index contributed by atoms with van der Waals surface area (Å²) in [7, 11) is 0. The van der Waals surface area contributed by atoms with E-state index in [1.807, 2.05) is 47.0 Å². The number of hydrogen-bond acceptors (Lipinski definition) is 7. The van der Waals surface area contributed by atoms with Crippen molar-refractivity contribution in [3.63, 3.8) is 0 Å². The van der Waals surface area contributed by atoms with Gasteiger partial charge in [-0.2, -0.15) is 0 Å². The third kappa shape index (κ3) is 4.69. The van der Waals surface area contributed by atoms with Gasteiger partial charge in [0.2, 0.25) is 12.7 Å². The summed E-state index contributed by atoms with van der Waals surface area (Å²) in [5.74, 6) is 2.74. The van der Waals surface area contributed by atoms with Crippen molar-refractivity contribution in [1.29, 1.82) is 0 Å². The predicted molar refractivity (Wildman–Crippen MR) is 130 cm³/mol. The van der Waals surface area contributed by atoms with Crippen molar-refractivity contribution in [2.24, 2.45) is 0 Å². The molecule has 9 heteroatoms. The van der Waals surface area contributed by atoms with Crippen LogP contribution in [0, 0.1) is 0 Å². The van der Waals surface area contributed by atoms with E-state index >= 15 is 0 Å². The molecule has 0 saturated carbocycles. The SMILES string of the molecule is C=CCn1c(COc2cccc3ccccc23)nnc1SCC(=O)Nc1ccc2c(c1)OCO2. The van der Waals surface area contributed by atoms with Gasteiger partial charge < -0.3 is 19.5 Å². The fourth-order valence-electron chi connectivity index (χ4n) is 3.61. The summed E-state index contributed by atoms with van der Waals surface area (Å²) in [5, 5.41) is 14.2. The first-order valence-electron chi connectivity index (χ1n) is 10.7. The fourth-order valence-corrected chi connectivity index (χ4v) is 4.38. The Labute approximate surface area is 200 Å². The summed E-state index contributed by atoms with van der Waals surface area (Å²) in [5.41, 5.74) is 0.645. The maximum absolute atomic E-state index is 12.5. The van der Waals surface area contributed by atoms with Crippen molar-refractivity contribution in [3.05, 3.63) is 79.1 Å². The number of thioether (sulfide) groups is 1. The number of carbonyl (C=O) groups is 1. The minimum Gasteiger partial charge on any atom is -0.485 e. The fraction of sp³-hybridized carbons (Fsp3) is 0.160. The number of allylic oxidation sites excluding steroid dienone is 1. The topological polar surface area (TPSA) is 87.5 Å². The van der Waals surface area contributed by atoms with E-state index in [-0.39, 0.29) is 25.1 Å². The molecule has 1 amide bonds. The van der Waals surface area contributed by atoms with Crippen LogP contribution in [0.25, 0.3) is 10.8 Å². The Morgan fingerprint density at radius 2 is 1.97 bits per heavy atom. The quantitative estimate of drug-likeness (QED) is 0.279. The molecule has 4 aromatic rings. The maximum Gasteiger partial charge on any atom is 0.234 e. The van der Waals surface area contributed by atoms with Crippen molar-refractivity contribution in [2.45, 2.75) is 18.3 Å². The van der Waals surface area contributed by atoms with E-state index in [0.29, 0.717) is 34.7 Å². The van der Waals surface area contributed by atoms with Crippen LogP contribution in [0.5, 0.6) is 17.2 Å². The van der Waals surface area contributed by atoms with Gasteiger partial charge in [-0.1, -0.05) is 54.2 Å². The van der Waals surface area contributed by atoms with Gasteiger partial charge in [0.15, 0.2) is 22.5 Å². The highest BCUT2D eigenvalue weighted by Gasteiger charge is 2.17. The summed E-state index contributed by atoms with van der Waals surface area (Å²) < 4.78 is 18.6. The molecule has 34 heavy (non-hydrogen) atoms. The van der Waals surface area contributed by atoms with Gasteiger partial charge in [0.05, 0.1) is 5.75 Å².